The average molecular weight is 308 g/mol. The zero-order valence-electron chi connectivity index (χ0n) is 10.3. The van der Waals surface area contributed by atoms with E-state index in [-0.39, 0.29) is 5.91 Å². The molecule has 0 saturated carbocycles. The van der Waals surface area contributed by atoms with Gasteiger partial charge in [-0.2, -0.15) is 5.10 Å². The number of nitrogens with two attached hydrogens (primary N) is 1. The van der Waals surface area contributed by atoms with Crippen LogP contribution in [0.2, 0.25) is 10.0 Å². The van der Waals surface area contributed by atoms with Crippen molar-refractivity contribution in [2.75, 3.05) is 5.73 Å². The first kappa shape index (κ1) is 14.4. The van der Waals surface area contributed by atoms with E-state index in [9.17, 15) is 4.79 Å². The van der Waals surface area contributed by atoms with Crippen molar-refractivity contribution in [3.8, 4) is 0 Å². The number of nitrogen functional groups attached to an aromatic ring is 1. The highest BCUT2D eigenvalue weighted by Crippen LogP contribution is 2.19. The van der Waals surface area contributed by atoms with Crippen LogP contribution in [0.15, 0.2) is 47.6 Å². The number of hydrazone groups is 1. The molecule has 3 N–H and O–H groups in total. The largest absolute Gasteiger partial charge is 0.399 e. The predicted octanol–water partition coefficient (Wildman–Crippen LogP) is 3.34. The molecule has 2 aromatic rings. The fraction of sp³-hybridized carbons (Fsp3) is 0. The molecule has 0 radical (unpaired) electrons. The van der Waals surface area contributed by atoms with E-state index in [2.05, 4.69) is 10.5 Å². The van der Waals surface area contributed by atoms with Crippen molar-refractivity contribution in [2.24, 2.45) is 5.10 Å². The van der Waals surface area contributed by atoms with Gasteiger partial charge in [0.15, 0.2) is 0 Å². The zero-order valence-corrected chi connectivity index (χ0v) is 11.8. The quantitative estimate of drug-likeness (QED) is 0.519. The Balaban J connectivity index is 2.02. The maximum absolute atomic E-state index is 11.8. The lowest BCUT2D eigenvalue weighted by Crippen LogP contribution is -2.17. The Labute approximate surface area is 126 Å². The summed E-state index contributed by atoms with van der Waals surface area (Å²) in [5.41, 5.74) is 9.68. The van der Waals surface area contributed by atoms with Crippen molar-refractivity contribution in [3.05, 3.63) is 63.6 Å². The van der Waals surface area contributed by atoms with Crippen molar-refractivity contribution in [2.45, 2.75) is 0 Å². The van der Waals surface area contributed by atoms with E-state index < -0.39 is 0 Å². The predicted molar refractivity (Wildman–Crippen MR) is 82.4 cm³/mol. The molecule has 4 nitrogen and oxygen atoms in total. The molecule has 0 fully saturated rings. The summed E-state index contributed by atoms with van der Waals surface area (Å²) in [5, 5.41) is 4.85. The molecular weight excluding hydrogens is 297 g/mol. The molecule has 0 spiro atoms. The van der Waals surface area contributed by atoms with Crippen LogP contribution in [-0.4, -0.2) is 12.1 Å². The minimum Gasteiger partial charge on any atom is -0.399 e. The summed E-state index contributed by atoms with van der Waals surface area (Å²) >= 11 is 11.8. The van der Waals surface area contributed by atoms with Crippen LogP contribution in [0.3, 0.4) is 0 Å². The number of nitrogens with one attached hydrogen (secondary N) is 1. The van der Waals surface area contributed by atoms with E-state index in [1.54, 1.807) is 42.5 Å². The Morgan fingerprint density at radius 1 is 1.15 bits per heavy atom. The lowest BCUT2D eigenvalue weighted by Gasteiger charge is -2.01. The third kappa shape index (κ3) is 3.73. The van der Waals surface area contributed by atoms with Crippen molar-refractivity contribution in [3.63, 3.8) is 0 Å². The molecule has 20 heavy (non-hydrogen) atoms. The summed E-state index contributed by atoms with van der Waals surface area (Å²) in [5.74, 6) is -0.327. The highest BCUT2D eigenvalue weighted by molar-refractivity contribution is 6.36. The van der Waals surface area contributed by atoms with Gasteiger partial charge in [-0.3, -0.25) is 4.79 Å². The third-order valence-electron chi connectivity index (χ3n) is 2.51. The number of hydrogen-bond donors (Lipinski definition) is 2. The van der Waals surface area contributed by atoms with Gasteiger partial charge in [-0.1, -0.05) is 29.3 Å². The highest BCUT2D eigenvalue weighted by atomic mass is 35.5. The van der Waals surface area contributed by atoms with Crippen LogP contribution < -0.4 is 11.2 Å². The first-order valence-electron chi connectivity index (χ1n) is 5.70. The van der Waals surface area contributed by atoms with E-state index >= 15 is 0 Å². The molecule has 1 amide bonds. The molecule has 0 aliphatic rings. The summed E-state index contributed by atoms with van der Waals surface area (Å²) in [4.78, 5) is 11.8. The first-order valence-corrected chi connectivity index (χ1v) is 6.46. The monoisotopic (exact) mass is 307 g/mol. The van der Waals surface area contributed by atoms with E-state index in [0.29, 0.717) is 26.9 Å². The van der Waals surface area contributed by atoms with Crippen molar-refractivity contribution in [1.82, 2.24) is 5.43 Å². The first-order chi connectivity index (χ1) is 9.56. The minimum atomic E-state index is -0.327. The standard InChI is InChI=1S/C14H11Cl2N3O/c15-11-4-1-10(13(16)7-11)8-18-19-14(20)9-2-5-12(17)6-3-9/h1-8H,17H2,(H,19,20). The summed E-state index contributed by atoms with van der Waals surface area (Å²) < 4.78 is 0. The molecule has 0 heterocycles. The molecule has 0 atom stereocenters. The van der Waals surface area contributed by atoms with Crippen molar-refractivity contribution in [1.29, 1.82) is 0 Å². The summed E-state index contributed by atoms with van der Waals surface area (Å²) in [6, 6.07) is 11.5. The Hall–Kier alpha value is -2.04. The number of halogens is 2. The van der Waals surface area contributed by atoms with Gasteiger partial charge in [-0.25, -0.2) is 5.43 Å². The number of amides is 1. The number of rotatable bonds is 3. The van der Waals surface area contributed by atoms with Gasteiger partial charge in [-0.15, -0.1) is 0 Å². The van der Waals surface area contributed by atoms with E-state index in [1.807, 2.05) is 0 Å². The fourth-order valence-electron chi connectivity index (χ4n) is 1.47. The number of hydrogen-bond acceptors (Lipinski definition) is 3. The maximum atomic E-state index is 11.8. The molecule has 0 aliphatic carbocycles. The molecule has 102 valence electrons. The molecule has 0 aromatic heterocycles. The summed E-state index contributed by atoms with van der Waals surface area (Å²) in [6.45, 7) is 0. The van der Waals surface area contributed by atoms with Crippen LogP contribution in [0.1, 0.15) is 15.9 Å². The van der Waals surface area contributed by atoms with Crippen LogP contribution >= 0.6 is 23.2 Å². The fourth-order valence-corrected chi connectivity index (χ4v) is 1.92. The molecule has 0 aliphatic heterocycles. The Bertz CT molecular complexity index is 654. The number of carbonyl (C=O) groups excluding carboxylic acids is 1. The Morgan fingerprint density at radius 2 is 1.85 bits per heavy atom. The van der Waals surface area contributed by atoms with Crippen LogP contribution in [0, 0.1) is 0 Å². The van der Waals surface area contributed by atoms with Gasteiger partial charge < -0.3 is 5.73 Å². The minimum absolute atomic E-state index is 0.327. The van der Waals surface area contributed by atoms with Crippen LogP contribution in [0.25, 0.3) is 0 Å². The third-order valence-corrected chi connectivity index (χ3v) is 3.07. The summed E-state index contributed by atoms with van der Waals surface area (Å²) in [7, 11) is 0. The SMILES string of the molecule is Nc1ccc(C(=O)NN=Cc2ccc(Cl)cc2Cl)cc1. The Morgan fingerprint density at radius 3 is 2.50 bits per heavy atom. The van der Waals surface area contributed by atoms with Crippen molar-refractivity contribution >= 4 is 41.0 Å². The molecule has 0 bridgehead atoms. The second kappa shape index (κ2) is 6.41. The average Bonchev–Trinajstić information content (AvgIpc) is 2.42. The zero-order chi connectivity index (χ0) is 14.5. The highest BCUT2D eigenvalue weighted by Gasteiger charge is 2.03. The number of anilines is 1. The van der Waals surface area contributed by atoms with Gasteiger partial charge >= 0.3 is 0 Å². The van der Waals surface area contributed by atoms with Gasteiger partial charge in [0, 0.05) is 21.8 Å². The molecule has 6 heteroatoms. The van der Waals surface area contributed by atoms with Gasteiger partial charge in [0.05, 0.1) is 11.2 Å². The van der Waals surface area contributed by atoms with Crippen LogP contribution in [0.4, 0.5) is 5.69 Å². The van der Waals surface area contributed by atoms with E-state index in [1.165, 1.54) is 6.21 Å². The molecule has 2 rings (SSSR count). The number of nitrogens with zero attached hydrogens (tertiary/aromatic N) is 1. The molecular formula is C14H11Cl2N3O. The molecule has 0 saturated heterocycles. The smallest absolute Gasteiger partial charge is 0.271 e. The second-order valence-electron chi connectivity index (χ2n) is 3.99. The molecule has 0 unspecified atom stereocenters. The van der Waals surface area contributed by atoms with Gasteiger partial charge in [0.2, 0.25) is 0 Å². The normalized spacial score (nSPS) is 10.7. The van der Waals surface area contributed by atoms with Crippen LogP contribution in [-0.2, 0) is 0 Å². The maximum Gasteiger partial charge on any atom is 0.271 e. The van der Waals surface area contributed by atoms with Crippen molar-refractivity contribution < 1.29 is 4.79 Å². The second-order valence-corrected chi connectivity index (χ2v) is 4.83. The Kier molecular flexibility index (Phi) is 4.61. The van der Waals surface area contributed by atoms with E-state index in [4.69, 9.17) is 28.9 Å². The number of carbonyl (C=O) groups is 1. The molecule has 2 aromatic carbocycles. The van der Waals surface area contributed by atoms with Gasteiger partial charge in [0.25, 0.3) is 5.91 Å². The van der Waals surface area contributed by atoms with Crippen LogP contribution in [0.5, 0.6) is 0 Å². The lowest BCUT2D eigenvalue weighted by molar-refractivity contribution is 0.0955. The van der Waals surface area contributed by atoms with Gasteiger partial charge in [0.1, 0.15) is 0 Å². The number of benzene rings is 2. The lowest BCUT2D eigenvalue weighted by atomic mass is 10.2. The van der Waals surface area contributed by atoms with E-state index in [0.717, 1.165) is 0 Å². The summed E-state index contributed by atoms with van der Waals surface area (Å²) in [6.07, 6.45) is 1.45. The van der Waals surface area contributed by atoms with Gasteiger partial charge in [-0.05, 0) is 36.4 Å². The topological polar surface area (TPSA) is 67.5 Å².